The molecule has 0 unspecified atom stereocenters. The van der Waals surface area contributed by atoms with Gasteiger partial charge in [0.1, 0.15) is 11.2 Å². The van der Waals surface area contributed by atoms with E-state index in [0.29, 0.717) is 0 Å². The van der Waals surface area contributed by atoms with Gasteiger partial charge in [0.2, 0.25) is 0 Å². The summed E-state index contributed by atoms with van der Waals surface area (Å²) in [4.78, 5) is 2.42. The van der Waals surface area contributed by atoms with Crippen LogP contribution in [0.5, 0.6) is 0 Å². The van der Waals surface area contributed by atoms with Crippen LogP contribution in [0.3, 0.4) is 0 Å². The van der Waals surface area contributed by atoms with Crippen LogP contribution < -0.4 is 4.90 Å². The van der Waals surface area contributed by atoms with Crippen LogP contribution in [0.25, 0.3) is 64.0 Å². The van der Waals surface area contributed by atoms with Crippen LogP contribution in [0.1, 0.15) is 0 Å². The zero-order valence-electron chi connectivity index (χ0n) is 23.2. The number of para-hydroxylation sites is 1. The molecule has 202 valence electrons. The molecule has 2 heterocycles. The number of furan rings is 1. The summed E-state index contributed by atoms with van der Waals surface area (Å²) in [7, 11) is 0. The van der Waals surface area contributed by atoms with Gasteiger partial charge < -0.3 is 9.32 Å². The van der Waals surface area contributed by atoms with Crippen molar-refractivity contribution < 1.29 is 4.42 Å². The van der Waals surface area contributed by atoms with Crippen molar-refractivity contribution in [2.24, 2.45) is 0 Å². The van der Waals surface area contributed by atoms with Crippen LogP contribution in [-0.2, 0) is 0 Å². The first-order valence-electron chi connectivity index (χ1n) is 14.5. The largest absolute Gasteiger partial charge is 0.456 e. The predicted molar refractivity (Wildman–Crippen MR) is 184 cm³/mol. The lowest BCUT2D eigenvalue weighted by atomic mass is 10.0. The Kier molecular flexibility index (Phi) is 5.40. The van der Waals surface area contributed by atoms with Gasteiger partial charge in [-0.2, -0.15) is 0 Å². The van der Waals surface area contributed by atoms with Crippen molar-refractivity contribution in [3.05, 3.63) is 152 Å². The van der Waals surface area contributed by atoms with Gasteiger partial charge in [-0.15, -0.1) is 11.3 Å². The van der Waals surface area contributed by atoms with Gasteiger partial charge in [0.25, 0.3) is 0 Å². The number of thiophene rings is 1. The standard InChI is InChI=1S/C40H25NOS/c1-2-10-26(11-3-1)27-20-21-29-25-30(23-22-28(29)24-27)41(34-15-9-18-37-39(34)33-13-4-6-17-36(33)42-37)35-16-8-14-32-31-12-5-7-19-38(31)43-40(32)35/h1-25H. The maximum absolute atomic E-state index is 6.35. The topological polar surface area (TPSA) is 16.4 Å². The van der Waals surface area contributed by atoms with Gasteiger partial charge in [-0.1, -0.05) is 103 Å². The van der Waals surface area contributed by atoms with E-state index >= 15 is 0 Å². The molecular weight excluding hydrogens is 543 g/mol. The molecule has 0 radical (unpaired) electrons. The van der Waals surface area contributed by atoms with Crippen molar-refractivity contribution in [3.8, 4) is 11.1 Å². The first-order chi connectivity index (χ1) is 21.3. The van der Waals surface area contributed by atoms with Crippen LogP contribution >= 0.6 is 11.3 Å². The molecule has 2 nitrogen and oxygen atoms in total. The monoisotopic (exact) mass is 567 g/mol. The van der Waals surface area contributed by atoms with E-state index in [9.17, 15) is 0 Å². The van der Waals surface area contributed by atoms with Crippen LogP contribution in [-0.4, -0.2) is 0 Å². The molecule has 0 aliphatic heterocycles. The fourth-order valence-corrected chi connectivity index (χ4v) is 7.65. The Labute approximate surface area is 252 Å². The molecule has 0 N–H and O–H groups in total. The fraction of sp³-hybridized carbons (Fsp3) is 0. The van der Waals surface area contributed by atoms with Crippen molar-refractivity contribution in [3.63, 3.8) is 0 Å². The third-order valence-electron chi connectivity index (χ3n) is 8.44. The van der Waals surface area contributed by atoms with E-state index < -0.39 is 0 Å². The molecule has 0 bridgehead atoms. The maximum atomic E-state index is 6.35. The Hall–Kier alpha value is -5.38. The van der Waals surface area contributed by atoms with Crippen molar-refractivity contribution >= 4 is 81.3 Å². The Balaban J connectivity index is 1.32. The van der Waals surface area contributed by atoms with E-state index in [1.54, 1.807) is 0 Å². The second-order valence-electron chi connectivity index (χ2n) is 10.9. The van der Waals surface area contributed by atoms with Gasteiger partial charge >= 0.3 is 0 Å². The molecule has 7 aromatic carbocycles. The highest BCUT2D eigenvalue weighted by atomic mass is 32.1. The van der Waals surface area contributed by atoms with Crippen LogP contribution in [0.2, 0.25) is 0 Å². The molecule has 0 saturated carbocycles. The molecule has 43 heavy (non-hydrogen) atoms. The Morgan fingerprint density at radius 1 is 0.465 bits per heavy atom. The summed E-state index contributed by atoms with van der Waals surface area (Å²) in [5, 5.41) is 7.24. The number of benzene rings is 7. The van der Waals surface area contributed by atoms with Crippen molar-refractivity contribution in [2.45, 2.75) is 0 Å². The molecule has 0 amide bonds. The third-order valence-corrected chi connectivity index (χ3v) is 9.64. The smallest absolute Gasteiger partial charge is 0.137 e. The second-order valence-corrected chi connectivity index (χ2v) is 12.0. The number of hydrogen-bond donors (Lipinski definition) is 0. The Morgan fingerprint density at radius 2 is 1.16 bits per heavy atom. The Morgan fingerprint density at radius 3 is 2.09 bits per heavy atom. The van der Waals surface area contributed by atoms with E-state index in [1.807, 2.05) is 17.4 Å². The van der Waals surface area contributed by atoms with Crippen LogP contribution in [0, 0.1) is 0 Å². The number of hydrogen-bond acceptors (Lipinski definition) is 3. The molecule has 0 aliphatic rings. The highest BCUT2D eigenvalue weighted by Crippen LogP contribution is 2.48. The number of nitrogens with zero attached hydrogens (tertiary/aromatic N) is 1. The molecule has 0 atom stereocenters. The molecule has 0 spiro atoms. The van der Waals surface area contributed by atoms with Crippen LogP contribution in [0.4, 0.5) is 17.1 Å². The van der Waals surface area contributed by atoms with Gasteiger partial charge in [-0.3, -0.25) is 0 Å². The molecule has 2 aromatic heterocycles. The first kappa shape index (κ1) is 24.2. The van der Waals surface area contributed by atoms with E-state index in [-0.39, 0.29) is 0 Å². The predicted octanol–water partition coefficient (Wildman–Crippen LogP) is 12.2. The summed E-state index contributed by atoms with van der Waals surface area (Å²) >= 11 is 1.86. The first-order valence-corrected chi connectivity index (χ1v) is 15.3. The number of fused-ring (bicyclic) bond motifs is 7. The number of anilines is 3. The van der Waals surface area contributed by atoms with E-state index in [0.717, 1.165) is 39.0 Å². The molecular formula is C40H25NOS. The summed E-state index contributed by atoms with van der Waals surface area (Å²) in [6, 6.07) is 54.3. The van der Waals surface area contributed by atoms with Gasteiger partial charge in [-0.05, 0) is 70.4 Å². The molecule has 9 rings (SSSR count). The summed E-state index contributed by atoms with van der Waals surface area (Å²) in [5.74, 6) is 0. The lowest BCUT2D eigenvalue weighted by Crippen LogP contribution is -2.10. The van der Waals surface area contributed by atoms with E-state index in [4.69, 9.17) is 4.42 Å². The molecule has 9 aromatic rings. The van der Waals surface area contributed by atoms with Gasteiger partial charge in [0.15, 0.2) is 0 Å². The second kappa shape index (κ2) is 9.59. The molecule has 0 aliphatic carbocycles. The van der Waals surface area contributed by atoms with Crippen LogP contribution in [0.15, 0.2) is 156 Å². The normalized spacial score (nSPS) is 11.7. The summed E-state index contributed by atoms with van der Waals surface area (Å²) < 4.78 is 8.92. The molecule has 0 fully saturated rings. The third kappa shape index (κ3) is 3.86. The van der Waals surface area contributed by atoms with E-state index in [1.165, 1.54) is 42.1 Å². The quantitative estimate of drug-likeness (QED) is 0.210. The molecule has 3 heteroatoms. The SMILES string of the molecule is c1ccc(-c2ccc3cc(N(c4cccc5c4sc4ccccc45)c4cccc5oc6ccccc6c45)ccc3c2)cc1. The maximum Gasteiger partial charge on any atom is 0.137 e. The summed E-state index contributed by atoms with van der Waals surface area (Å²) in [6.45, 7) is 0. The minimum Gasteiger partial charge on any atom is -0.456 e. The highest BCUT2D eigenvalue weighted by Gasteiger charge is 2.22. The molecule has 0 saturated heterocycles. The highest BCUT2D eigenvalue weighted by molar-refractivity contribution is 7.26. The summed E-state index contributed by atoms with van der Waals surface area (Å²) in [5.41, 5.74) is 7.62. The fourth-order valence-electron chi connectivity index (χ4n) is 6.44. The average molecular weight is 568 g/mol. The lowest BCUT2D eigenvalue weighted by molar-refractivity contribution is 0.669. The van der Waals surface area contributed by atoms with Gasteiger partial charge in [-0.25, -0.2) is 0 Å². The van der Waals surface area contributed by atoms with Gasteiger partial charge in [0, 0.05) is 26.5 Å². The Bertz CT molecular complexity index is 2470. The zero-order valence-corrected chi connectivity index (χ0v) is 24.0. The van der Waals surface area contributed by atoms with Gasteiger partial charge in [0.05, 0.1) is 21.5 Å². The minimum atomic E-state index is 0.889. The number of rotatable bonds is 4. The average Bonchev–Trinajstić information content (AvgIpc) is 3.64. The minimum absolute atomic E-state index is 0.889. The van der Waals surface area contributed by atoms with E-state index in [2.05, 4.69) is 150 Å². The van der Waals surface area contributed by atoms with Crippen molar-refractivity contribution in [2.75, 3.05) is 4.90 Å². The van der Waals surface area contributed by atoms with Crippen molar-refractivity contribution in [1.82, 2.24) is 0 Å². The van der Waals surface area contributed by atoms with Crippen molar-refractivity contribution in [1.29, 1.82) is 0 Å². The summed E-state index contributed by atoms with van der Waals surface area (Å²) in [6.07, 6.45) is 0. The zero-order chi connectivity index (χ0) is 28.3. The lowest BCUT2D eigenvalue weighted by Gasteiger charge is -2.27.